The zero-order chi connectivity index (χ0) is 6.85. The summed E-state index contributed by atoms with van der Waals surface area (Å²) >= 11 is 6.63. The first-order valence-electron chi connectivity index (χ1n) is 3.03. The minimum atomic E-state index is 0.107. The zero-order valence-electron chi connectivity index (χ0n) is 4.94. The van der Waals surface area contributed by atoms with Crippen molar-refractivity contribution in [2.45, 2.75) is 28.9 Å². The Balaban J connectivity index is 2.52. The van der Waals surface area contributed by atoms with Crippen LogP contribution in [-0.4, -0.2) is 15.4 Å². The number of hydrogen-bond acceptors (Lipinski definition) is 1. The lowest BCUT2D eigenvalue weighted by atomic mass is 9.99. The molecule has 1 aliphatic carbocycles. The Labute approximate surface area is 71.5 Å². The summed E-state index contributed by atoms with van der Waals surface area (Å²) in [7, 11) is 0. The number of carbonyl (C=O) groups is 1. The topological polar surface area (TPSA) is 17.1 Å². The summed E-state index contributed by atoms with van der Waals surface area (Å²) in [6.07, 6.45) is 3.15. The molecule has 0 aromatic carbocycles. The molecule has 0 amide bonds. The van der Waals surface area contributed by atoms with Gasteiger partial charge in [-0.2, -0.15) is 0 Å². The Morgan fingerprint density at radius 1 is 1.22 bits per heavy atom. The number of hydrogen-bond donors (Lipinski definition) is 0. The lowest BCUT2D eigenvalue weighted by Gasteiger charge is -2.18. The van der Waals surface area contributed by atoms with Gasteiger partial charge < -0.3 is 0 Å². The van der Waals surface area contributed by atoms with E-state index >= 15 is 0 Å². The zero-order valence-corrected chi connectivity index (χ0v) is 8.11. The second kappa shape index (κ2) is 3.15. The van der Waals surface area contributed by atoms with Crippen LogP contribution >= 0.6 is 31.9 Å². The smallest absolute Gasteiger partial charge is 0.160 e. The molecule has 2 atom stereocenters. The van der Waals surface area contributed by atoms with Gasteiger partial charge in [0.2, 0.25) is 0 Å². The number of ketones is 1. The molecule has 3 heteroatoms. The van der Waals surface area contributed by atoms with Gasteiger partial charge in [-0.05, 0) is 12.8 Å². The highest BCUT2D eigenvalue weighted by molar-refractivity contribution is 9.10. The van der Waals surface area contributed by atoms with E-state index in [1.807, 2.05) is 0 Å². The Morgan fingerprint density at radius 2 is 1.67 bits per heavy atom. The van der Waals surface area contributed by atoms with Crippen molar-refractivity contribution in [1.82, 2.24) is 0 Å². The highest BCUT2D eigenvalue weighted by Crippen LogP contribution is 2.25. The second-order valence-corrected chi connectivity index (χ2v) is 4.48. The molecule has 0 N–H and O–H groups in total. The molecule has 0 aromatic rings. The SMILES string of the molecule is O=C1[C@H](Br)CCC[C@@H]1Br. The van der Waals surface area contributed by atoms with E-state index in [1.54, 1.807) is 0 Å². The van der Waals surface area contributed by atoms with Gasteiger partial charge in [0.05, 0.1) is 9.65 Å². The molecule has 1 saturated carbocycles. The molecule has 1 nitrogen and oxygen atoms in total. The van der Waals surface area contributed by atoms with Crippen LogP contribution in [0.1, 0.15) is 19.3 Å². The lowest BCUT2D eigenvalue weighted by molar-refractivity contribution is -0.118. The monoisotopic (exact) mass is 254 g/mol. The second-order valence-electron chi connectivity index (χ2n) is 2.27. The molecule has 0 bridgehead atoms. The predicted molar refractivity (Wildman–Crippen MR) is 44.3 cm³/mol. The standard InChI is InChI=1S/C6H8Br2O/c7-4-2-1-3-5(8)6(4)9/h4-5H,1-3H2/t4-,5+. The minimum Gasteiger partial charge on any atom is -0.297 e. The fraction of sp³-hybridized carbons (Fsp3) is 0.833. The molecule has 52 valence electrons. The van der Waals surface area contributed by atoms with Crippen LogP contribution in [-0.2, 0) is 4.79 Å². The highest BCUT2D eigenvalue weighted by Gasteiger charge is 2.26. The normalized spacial score (nSPS) is 36.9. The van der Waals surface area contributed by atoms with E-state index in [1.165, 1.54) is 0 Å². The minimum absolute atomic E-state index is 0.107. The van der Waals surface area contributed by atoms with Crippen molar-refractivity contribution in [3.63, 3.8) is 0 Å². The molecular formula is C6H8Br2O. The Kier molecular flexibility index (Phi) is 2.71. The fourth-order valence-corrected chi connectivity index (χ4v) is 2.60. The molecule has 0 aromatic heterocycles. The van der Waals surface area contributed by atoms with Gasteiger partial charge in [-0.1, -0.05) is 38.3 Å². The first-order chi connectivity index (χ1) is 4.22. The van der Waals surface area contributed by atoms with Crippen molar-refractivity contribution >= 4 is 37.6 Å². The van der Waals surface area contributed by atoms with Gasteiger partial charge in [0.25, 0.3) is 0 Å². The van der Waals surface area contributed by atoms with E-state index in [0.29, 0.717) is 5.78 Å². The van der Waals surface area contributed by atoms with Crippen LogP contribution in [0.5, 0.6) is 0 Å². The van der Waals surface area contributed by atoms with E-state index in [4.69, 9.17) is 0 Å². The molecular weight excluding hydrogens is 248 g/mol. The third kappa shape index (κ3) is 1.77. The van der Waals surface area contributed by atoms with Gasteiger partial charge in [-0.15, -0.1) is 0 Å². The quantitative estimate of drug-likeness (QED) is 0.607. The third-order valence-corrected chi connectivity index (χ3v) is 3.35. The average molecular weight is 256 g/mol. The number of rotatable bonds is 0. The van der Waals surface area contributed by atoms with Gasteiger partial charge in [0.15, 0.2) is 5.78 Å². The summed E-state index contributed by atoms with van der Waals surface area (Å²) < 4.78 is 0. The molecule has 0 heterocycles. The van der Waals surface area contributed by atoms with Gasteiger partial charge in [-0.3, -0.25) is 4.79 Å². The highest BCUT2D eigenvalue weighted by atomic mass is 79.9. The molecule has 0 spiro atoms. The van der Waals surface area contributed by atoms with E-state index in [0.717, 1.165) is 19.3 Å². The fourth-order valence-electron chi connectivity index (χ4n) is 0.957. The molecule has 0 saturated heterocycles. The van der Waals surface area contributed by atoms with Gasteiger partial charge in [0, 0.05) is 0 Å². The summed E-state index contributed by atoms with van der Waals surface area (Å²) in [4.78, 5) is 11.2. The van der Waals surface area contributed by atoms with Crippen molar-refractivity contribution in [2.24, 2.45) is 0 Å². The number of carbonyl (C=O) groups excluding carboxylic acids is 1. The largest absolute Gasteiger partial charge is 0.297 e. The predicted octanol–water partition coefficient (Wildman–Crippen LogP) is 2.27. The average Bonchev–Trinajstić information content (AvgIpc) is 1.83. The van der Waals surface area contributed by atoms with Gasteiger partial charge in [0.1, 0.15) is 0 Å². The summed E-state index contributed by atoms with van der Waals surface area (Å²) in [5.74, 6) is 0.307. The Bertz CT molecular complexity index is 112. The van der Waals surface area contributed by atoms with Crippen LogP contribution in [0.25, 0.3) is 0 Å². The van der Waals surface area contributed by atoms with Crippen molar-refractivity contribution in [3.8, 4) is 0 Å². The van der Waals surface area contributed by atoms with Crippen LogP contribution in [0.4, 0.5) is 0 Å². The van der Waals surface area contributed by atoms with Crippen LogP contribution in [0.3, 0.4) is 0 Å². The van der Waals surface area contributed by atoms with E-state index < -0.39 is 0 Å². The molecule has 9 heavy (non-hydrogen) atoms. The van der Waals surface area contributed by atoms with E-state index in [2.05, 4.69) is 31.9 Å². The van der Waals surface area contributed by atoms with E-state index in [-0.39, 0.29) is 9.65 Å². The summed E-state index contributed by atoms with van der Waals surface area (Å²) in [6, 6.07) is 0. The number of Topliss-reactive ketones (excluding diaryl/α,β-unsaturated/α-hetero) is 1. The number of halogens is 2. The van der Waals surface area contributed by atoms with Crippen LogP contribution in [0.2, 0.25) is 0 Å². The molecule has 1 aliphatic rings. The van der Waals surface area contributed by atoms with Crippen LogP contribution in [0.15, 0.2) is 0 Å². The summed E-state index contributed by atoms with van der Waals surface area (Å²) in [5.41, 5.74) is 0. The third-order valence-electron chi connectivity index (χ3n) is 1.53. The van der Waals surface area contributed by atoms with Crippen molar-refractivity contribution in [3.05, 3.63) is 0 Å². The maximum atomic E-state index is 11.0. The summed E-state index contributed by atoms with van der Waals surface area (Å²) in [6.45, 7) is 0. The van der Waals surface area contributed by atoms with E-state index in [9.17, 15) is 4.79 Å². The van der Waals surface area contributed by atoms with Crippen LogP contribution in [0, 0.1) is 0 Å². The molecule has 1 rings (SSSR count). The maximum absolute atomic E-state index is 11.0. The number of alkyl halides is 2. The van der Waals surface area contributed by atoms with Crippen molar-refractivity contribution < 1.29 is 4.79 Å². The maximum Gasteiger partial charge on any atom is 0.160 e. The van der Waals surface area contributed by atoms with Crippen molar-refractivity contribution in [2.75, 3.05) is 0 Å². The van der Waals surface area contributed by atoms with Crippen LogP contribution < -0.4 is 0 Å². The molecule has 0 unspecified atom stereocenters. The van der Waals surface area contributed by atoms with Gasteiger partial charge >= 0.3 is 0 Å². The first-order valence-corrected chi connectivity index (χ1v) is 4.87. The Morgan fingerprint density at radius 3 is 2.00 bits per heavy atom. The first kappa shape index (κ1) is 7.73. The molecule has 0 aliphatic heterocycles. The summed E-state index contributed by atoms with van der Waals surface area (Å²) in [5, 5.41) is 0. The lowest BCUT2D eigenvalue weighted by Crippen LogP contribution is -2.28. The van der Waals surface area contributed by atoms with Crippen molar-refractivity contribution in [1.29, 1.82) is 0 Å². The Hall–Kier alpha value is 0.630. The molecule has 1 fully saturated rings. The molecule has 0 radical (unpaired) electrons. The van der Waals surface area contributed by atoms with Gasteiger partial charge in [-0.25, -0.2) is 0 Å².